The Morgan fingerprint density at radius 3 is 2.78 bits per heavy atom. The maximum absolute atomic E-state index is 12.6. The van der Waals surface area contributed by atoms with Crippen molar-refractivity contribution in [1.29, 1.82) is 0 Å². The second-order valence-corrected chi connectivity index (χ2v) is 6.85. The fraction of sp³-hybridized carbons (Fsp3) is 0.526. The Labute approximate surface area is 157 Å². The summed E-state index contributed by atoms with van der Waals surface area (Å²) in [5.41, 5.74) is -0.438. The average molecular weight is 376 g/mol. The number of hydrogen-bond donors (Lipinski definition) is 2. The zero-order valence-corrected chi connectivity index (χ0v) is 15.3. The summed E-state index contributed by atoms with van der Waals surface area (Å²) in [5, 5.41) is 13.0. The molecular formula is C19H24N2O6. The van der Waals surface area contributed by atoms with Crippen LogP contribution in [0.4, 0.5) is 4.79 Å². The van der Waals surface area contributed by atoms with Crippen LogP contribution in [0.5, 0.6) is 5.75 Å². The van der Waals surface area contributed by atoms with E-state index in [2.05, 4.69) is 5.32 Å². The first-order valence-electron chi connectivity index (χ1n) is 9.17. The molecule has 8 nitrogen and oxygen atoms in total. The number of ether oxygens (including phenoxy) is 2. The molecular weight excluding hydrogens is 352 g/mol. The Hall–Kier alpha value is -2.61. The molecule has 1 aliphatic carbocycles. The van der Waals surface area contributed by atoms with Crippen molar-refractivity contribution in [2.75, 3.05) is 19.8 Å². The molecule has 146 valence electrons. The quantitative estimate of drug-likeness (QED) is 0.551. The number of benzene rings is 1. The standard InChI is InChI=1S/C19H24N2O6/c1-2-26-16(23)13-6-5-7-15(10-13)27-12-14(22)11-21-17(24)19(20-18(21)25)8-3-4-9-19/h5-7,10,14,22H,2-4,8-9,11-12H2,1H3,(H,20,25). The summed E-state index contributed by atoms with van der Waals surface area (Å²) >= 11 is 0. The summed E-state index contributed by atoms with van der Waals surface area (Å²) in [7, 11) is 0. The lowest BCUT2D eigenvalue weighted by Crippen LogP contribution is -2.45. The van der Waals surface area contributed by atoms with Crippen molar-refractivity contribution >= 4 is 17.9 Å². The maximum atomic E-state index is 12.6. The summed E-state index contributed by atoms with van der Waals surface area (Å²) in [6.45, 7) is 1.75. The van der Waals surface area contributed by atoms with Crippen LogP contribution in [0.15, 0.2) is 24.3 Å². The minimum atomic E-state index is -1.04. The molecule has 1 unspecified atom stereocenters. The lowest BCUT2D eigenvalue weighted by Gasteiger charge is -2.21. The van der Waals surface area contributed by atoms with Crippen LogP contribution in [0.25, 0.3) is 0 Å². The van der Waals surface area contributed by atoms with E-state index >= 15 is 0 Å². The first-order valence-corrected chi connectivity index (χ1v) is 9.17. The molecule has 1 aromatic rings. The first-order chi connectivity index (χ1) is 12.9. The second-order valence-electron chi connectivity index (χ2n) is 6.85. The number of aliphatic hydroxyl groups is 1. The van der Waals surface area contributed by atoms with Crippen LogP contribution in [0.2, 0.25) is 0 Å². The summed E-state index contributed by atoms with van der Waals surface area (Å²) in [5.74, 6) is -0.331. The minimum Gasteiger partial charge on any atom is -0.491 e. The van der Waals surface area contributed by atoms with Crippen LogP contribution in [0.1, 0.15) is 43.0 Å². The molecule has 3 rings (SSSR count). The van der Waals surface area contributed by atoms with E-state index in [0.29, 0.717) is 24.2 Å². The van der Waals surface area contributed by atoms with E-state index in [1.807, 2.05) is 0 Å². The molecule has 1 saturated carbocycles. The van der Waals surface area contributed by atoms with Crippen molar-refractivity contribution in [3.8, 4) is 5.75 Å². The third-order valence-corrected chi connectivity index (χ3v) is 4.88. The largest absolute Gasteiger partial charge is 0.491 e. The summed E-state index contributed by atoms with van der Waals surface area (Å²) in [6.07, 6.45) is 2.05. The predicted molar refractivity (Wildman–Crippen MR) is 95.3 cm³/mol. The van der Waals surface area contributed by atoms with Crippen LogP contribution in [-0.2, 0) is 9.53 Å². The molecule has 3 amide bonds. The van der Waals surface area contributed by atoms with Gasteiger partial charge in [0.1, 0.15) is 24.0 Å². The SMILES string of the molecule is CCOC(=O)c1cccc(OCC(O)CN2C(=O)NC3(CCCC3)C2=O)c1. The Morgan fingerprint density at radius 1 is 1.33 bits per heavy atom. The molecule has 0 bridgehead atoms. The number of esters is 1. The lowest BCUT2D eigenvalue weighted by atomic mass is 9.98. The molecule has 1 saturated heterocycles. The number of imide groups is 1. The van der Waals surface area contributed by atoms with E-state index in [1.165, 1.54) is 6.07 Å². The predicted octanol–water partition coefficient (Wildman–Crippen LogP) is 1.47. The molecule has 1 spiro atoms. The molecule has 1 heterocycles. The molecule has 8 heteroatoms. The van der Waals surface area contributed by atoms with Crippen LogP contribution in [0.3, 0.4) is 0 Å². The molecule has 0 radical (unpaired) electrons. The van der Waals surface area contributed by atoms with Crippen LogP contribution < -0.4 is 10.1 Å². The number of nitrogens with one attached hydrogen (secondary N) is 1. The Bertz CT molecular complexity index is 729. The van der Waals surface area contributed by atoms with E-state index < -0.39 is 23.6 Å². The summed E-state index contributed by atoms with van der Waals surface area (Å²) in [6, 6.07) is 5.96. The number of rotatable bonds is 7. The van der Waals surface area contributed by atoms with Crippen molar-refractivity contribution < 1.29 is 29.0 Å². The average Bonchev–Trinajstić information content (AvgIpc) is 3.21. The first kappa shape index (κ1) is 19.2. The Balaban J connectivity index is 1.55. The zero-order chi connectivity index (χ0) is 19.4. The number of urea groups is 1. The number of β-amino-alcohol motifs (C(OH)–C–C–N with tert-alkyl or cyclic N) is 1. The van der Waals surface area contributed by atoms with E-state index in [4.69, 9.17) is 9.47 Å². The molecule has 1 aromatic carbocycles. The van der Waals surface area contributed by atoms with Gasteiger partial charge in [0.05, 0.1) is 18.7 Å². The van der Waals surface area contributed by atoms with Crippen molar-refractivity contribution in [3.63, 3.8) is 0 Å². The number of hydrogen-bond acceptors (Lipinski definition) is 6. The molecule has 2 N–H and O–H groups in total. The highest BCUT2D eigenvalue weighted by Gasteiger charge is 2.52. The second kappa shape index (κ2) is 7.96. The van der Waals surface area contributed by atoms with Gasteiger partial charge in [0.2, 0.25) is 0 Å². The van der Waals surface area contributed by atoms with Gasteiger partial charge in [-0.1, -0.05) is 18.9 Å². The van der Waals surface area contributed by atoms with Crippen LogP contribution in [-0.4, -0.2) is 59.3 Å². The van der Waals surface area contributed by atoms with Gasteiger partial charge in [-0.25, -0.2) is 9.59 Å². The lowest BCUT2D eigenvalue weighted by molar-refractivity contribution is -0.132. The van der Waals surface area contributed by atoms with E-state index in [1.54, 1.807) is 25.1 Å². The Morgan fingerprint density at radius 2 is 2.07 bits per heavy atom. The highest BCUT2D eigenvalue weighted by atomic mass is 16.5. The third kappa shape index (κ3) is 4.05. The topological polar surface area (TPSA) is 105 Å². The third-order valence-electron chi connectivity index (χ3n) is 4.88. The molecule has 2 aliphatic rings. The number of nitrogens with zero attached hydrogens (tertiary/aromatic N) is 1. The normalized spacial score (nSPS) is 19.3. The van der Waals surface area contributed by atoms with Gasteiger partial charge >= 0.3 is 12.0 Å². The Kier molecular flexibility index (Phi) is 5.65. The molecule has 1 atom stereocenters. The fourth-order valence-corrected chi connectivity index (χ4v) is 3.54. The van der Waals surface area contributed by atoms with Gasteiger partial charge in [-0.2, -0.15) is 0 Å². The van der Waals surface area contributed by atoms with Gasteiger partial charge in [0.15, 0.2) is 0 Å². The highest BCUT2D eigenvalue weighted by Crippen LogP contribution is 2.35. The van der Waals surface area contributed by atoms with Crippen molar-refractivity contribution in [1.82, 2.24) is 10.2 Å². The summed E-state index contributed by atoms with van der Waals surface area (Å²) < 4.78 is 10.4. The fourth-order valence-electron chi connectivity index (χ4n) is 3.54. The van der Waals surface area contributed by atoms with Crippen molar-refractivity contribution in [2.45, 2.75) is 44.2 Å². The number of aliphatic hydroxyl groups excluding tert-OH is 1. The maximum Gasteiger partial charge on any atom is 0.338 e. The smallest absolute Gasteiger partial charge is 0.338 e. The van der Waals surface area contributed by atoms with E-state index in [-0.39, 0.29) is 25.7 Å². The number of carbonyl (C=O) groups excluding carboxylic acids is 3. The highest BCUT2D eigenvalue weighted by molar-refractivity contribution is 6.07. The molecule has 0 aromatic heterocycles. The van der Waals surface area contributed by atoms with Gasteiger partial charge in [-0.05, 0) is 38.0 Å². The monoisotopic (exact) mass is 376 g/mol. The van der Waals surface area contributed by atoms with E-state index in [0.717, 1.165) is 17.7 Å². The van der Waals surface area contributed by atoms with Gasteiger partial charge in [0, 0.05) is 0 Å². The summed E-state index contributed by atoms with van der Waals surface area (Å²) in [4.78, 5) is 37.5. The molecule has 1 aliphatic heterocycles. The van der Waals surface area contributed by atoms with Gasteiger partial charge in [-0.3, -0.25) is 9.69 Å². The van der Waals surface area contributed by atoms with Gasteiger partial charge < -0.3 is 19.9 Å². The van der Waals surface area contributed by atoms with Gasteiger partial charge in [0.25, 0.3) is 5.91 Å². The van der Waals surface area contributed by atoms with Crippen molar-refractivity contribution in [3.05, 3.63) is 29.8 Å². The van der Waals surface area contributed by atoms with Crippen LogP contribution in [0, 0.1) is 0 Å². The molecule has 2 fully saturated rings. The zero-order valence-electron chi connectivity index (χ0n) is 15.3. The number of carbonyl (C=O) groups is 3. The van der Waals surface area contributed by atoms with Crippen molar-refractivity contribution in [2.24, 2.45) is 0 Å². The van der Waals surface area contributed by atoms with Crippen LogP contribution >= 0.6 is 0 Å². The number of amides is 3. The van der Waals surface area contributed by atoms with Gasteiger partial charge in [-0.15, -0.1) is 0 Å². The van der Waals surface area contributed by atoms with E-state index in [9.17, 15) is 19.5 Å². The molecule has 27 heavy (non-hydrogen) atoms. The minimum absolute atomic E-state index is 0.115.